The number of benzene rings is 1. The standard InChI is InChI=1S/C10H8N4OS2/c1-15-8-4-6(5-11)2-3-7(8)12-9-13-14-10(16)17-9/h2-4H,1H3,(H,12,13)(H,14,16). The smallest absolute Gasteiger partial charge is 0.208 e. The van der Waals surface area contributed by atoms with Crippen molar-refractivity contribution in [1.82, 2.24) is 10.2 Å². The van der Waals surface area contributed by atoms with E-state index in [1.54, 1.807) is 25.3 Å². The summed E-state index contributed by atoms with van der Waals surface area (Å²) in [6, 6.07) is 7.19. The molecule has 86 valence electrons. The van der Waals surface area contributed by atoms with Crippen LogP contribution in [-0.2, 0) is 0 Å². The van der Waals surface area contributed by atoms with Crippen LogP contribution in [0.5, 0.6) is 5.75 Å². The second-order valence-electron chi connectivity index (χ2n) is 3.07. The molecule has 0 bridgehead atoms. The predicted octanol–water partition coefficient (Wildman–Crippen LogP) is 2.82. The number of methoxy groups -OCH3 is 1. The van der Waals surface area contributed by atoms with Gasteiger partial charge in [-0.05, 0) is 24.4 Å². The van der Waals surface area contributed by atoms with Gasteiger partial charge in [0.25, 0.3) is 0 Å². The Morgan fingerprint density at radius 1 is 1.59 bits per heavy atom. The van der Waals surface area contributed by atoms with Crippen molar-refractivity contribution in [2.45, 2.75) is 0 Å². The molecule has 0 atom stereocenters. The van der Waals surface area contributed by atoms with E-state index >= 15 is 0 Å². The molecule has 0 saturated carbocycles. The Kier molecular flexibility index (Phi) is 3.37. The number of aromatic nitrogens is 2. The van der Waals surface area contributed by atoms with Crippen LogP contribution in [0.2, 0.25) is 0 Å². The highest BCUT2D eigenvalue weighted by molar-refractivity contribution is 7.73. The molecule has 0 aliphatic heterocycles. The molecule has 0 fully saturated rings. The Labute approximate surface area is 107 Å². The van der Waals surface area contributed by atoms with Gasteiger partial charge in [-0.25, -0.2) is 0 Å². The number of anilines is 2. The Bertz CT molecular complexity index is 626. The zero-order chi connectivity index (χ0) is 12.3. The van der Waals surface area contributed by atoms with E-state index in [1.807, 2.05) is 0 Å². The Hall–Kier alpha value is -1.91. The van der Waals surface area contributed by atoms with E-state index in [9.17, 15) is 0 Å². The minimum absolute atomic E-state index is 0.544. The van der Waals surface area contributed by atoms with Gasteiger partial charge < -0.3 is 10.1 Å². The van der Waals surface area contributed by atoms with Crippen molar-refractivity contribution in [1.29, 1.82) is 5.26 Å². The van der Waals surface area contributed by atoms with E-state index in [4.69, 9.17) is 22.2 Å². The van der Waals surface area contributed by atoms with E-state index in [0.717, 1.165) is 5.69 Å². The van der Waals surface area contributed by atoms with Crippen LogP contribution in [-0.4, -0.2) is 17.3 Å². The van der Waals surface area contributed by atoms with Crippen molar-refractivity contribution in [2.75, 3.05) is 12.4 Å². The molecule has 2 rings (SSSR count). The summed E-state index contributed by atoms with van der Waals surface area (Å²) >= 11 is 6.26. The van der Waals surface area contributed by atoms with Crippen molar-refractivity contribution >= 4 is 34.4 Å². The third kappa shape index (κ3) is 2.61. The lowest BCUT2D eigenvalue weighted by Crippen LogP contribution is -1.94. The first-order valence-corrected chi connectivity index (χ1v) is 5.86. The van der Waals surface area contributed by atoms with Gasteiger partial charge in [0.2, 0.25) is 5.13 Å². The van der Waals surface area contributed by atoms with E-state index < -0.39 is 0 Å². The van der Waals surface area contributed by atoms with Crippen LogP contribution in [0, 0.1) is 15.3 Å². The predicted molar refractivity (Wildman–Crippen MR) is 68.3 cm³/mol. The fourth-order valence-corrected chi connectivity index (χ4v) is 2.06. The molecular weight excluding hydrogens is 256 g/mol. The topological polar surface area (TPSA) is 73.7 Å². The molecule has 17 heavy (non-hydrogen) atoms. The molecule has 0 aliphatic carbocycles. The maximum absolute atomic E-state index is 8.79. The molecule has 0 amide bonds. The fraction of sp³-hybridized carbons (Fsp3) is 0.100. The quantitative estimate of drug-likeness (QED) is 0.834. The van der Waals surface area contributed by atoms with Gasteiger partial charge in [-0.15, -0.1) is 5.10 Å². The Morgan fingerprint density at radius 2 is 2.41 bits per heavy atom. The van der Waals surface area contributed by atoms with Crippen LogP contribution < -0.4 is 10.1 Å². The molecule has 5 nitrogen and oxygen atoms in total. The Morgan fingerprint density at radius 3 is 3.00 bits per heavy atom. The molecule has 1 aromatic heterocycles. The second-order valence-corrected chi connectivity index (χ2v) is 4.74. The normalized spacial score (nSPS) is 9.65. The number of rotatable bonds is 3. The van der Waals surface area contributed by atoms with Crippen molar-refractivity contribution in [2.24, 2.45) is 0 Å². The second kappa shape index (κ2) is 4.95. The third-order valence-corrected chi connectivity index (χ3v) is 3.02. The van der Waals surface area contributed by atoms with E-state index in [-0.39, 0.29) is 0 Å². The van der Waals surface area contributed by atoms with Gasteiger partial charge in [-0.1, -0.05) is 11.3 Å². The molecule has 2 N–H and O–H groups in total. The first kappa shape index (κ1) is 11.6. The zero-order valence-electron chi connectivity index (χ0n) is 8.85. The first-order chi connectivity index (χ1) is 8.22. The van der Waals surface area contributed by atoms with Crippen molar-refractivity contribution in [3.8, 4) is 11.8 Å². The average molecular weight is 264 g/mol. The minimum atomic E-state index is 0.544. The summed E-state index contributed by atoms with van der Waals surface area (Å²) in [7, 11) is 1.55. The molecule has 1 aromatic carbocycles. The lowest BCUT2D eigenvalue weighted by atomic mass is 10.2. The van der Waals surface area contributed by atoms with Gasteiger partial charge >= 0.3 is 0 Å². The summed E-state index contributed by atoms with van der Waals surface area (Å²) in [5.41, 5.74) is 1.28. The first-order valence-electron chi connectivity index (χ1n) is 4.63. The summed E-state index contributed by atoms with van der Waals surface area (Å²) in [5.74, 6) is 0.588. The molecule has 0 aliphatic rings. The van der Waals surface area contributed by atoms with Crippen LogP contribution in [0.15, 0.2) is 18.2 Å². The molecule has 7 heteroatoms. The maximum Gasteiger partial charge on any atom is 0.208 e. The molecule has 0 spiro atoms. The maximum atomic E-state index is 8.79. The lowest BCUT2D eigenvalue weighted by molar-refractivity contribution is 0.416. The van der Waals surface area contributed by atoms with E-state index in [1.165, 1.54) is 11.3 Å². The summed E-state index contributed by atoms with van der Waals surface area (Å²) in [6.45, 7) is 0. The number of ether oxygens (including phenoxy) is 1. The molecule has 2 aromatic rings. The number of hydrogen-bond donors (Lipinski definition) is 2. The van der Waals surface area contributed by atoms with E-state index in [0.29, 0.717) is 20.4 Å². The number of hydrogen-bond acceptors (Lipinski definition) is 6. The van der Waals surface area contributed by atoms with E-state index in [2.05, 4.69) is 21.6 Å². The van der Waals surface area contributed by atoms with Crippen molar-refractivity contribution in [3.05, 3.63) is 27.7 Å². The Balaban J connectivity index is 2.33. The summed E-state index contributed by atoms with van der Waals surface area (Å²) in [5, 5.41) is 19.2. The highest BCUT2D eigenvalue weighted by Crippen LogP contribution is 2.29. The molecule has 0 unspecified atom stereocenters. The average Bonchev–Trinajstić information content (AvgIpc) is 2.75. The SMILES string of the molecule is COc1cc(C#N)ccc1Nc1n[nH]c(=S)s1. The lowest BCUT2D eigenvalue weighted by Gasteiger charge is -2.08. The van der Waals surface area contributed by atoms with Crippen LogP contribution >= 0.6 is 23.6 Å². The van der Waals surface area contributed by atoms with Gasteiger partial charge in [0, 0.05) is 6.07 Å². The highest BCUT2D eigenvalue weighted by atomic mass is 32.1. The molecule has 1 heterocycles. The number of nitrogens with zero attached hydrogens (tertiary/aromatic N) is 2. The summed E-state index contributed by atoms with van der Waals surface area (Å²) < 4.78 is 5.79. The zero-order valence-corrected chi connectivity index (χ0v) is 10.5. The molecule has 0 radical (unpaired) electrons. The highest BCUT2D eigenvalue weighted by Gasteiger charge is 2.06. The monoisotopic (exact) mass is 264 g/mol. The van der Waals surface area contributed by atoms with Crippen LogP contribution in [0.1, 0.15) is 5.56 Å². The largest absolute Gasteiger partial charge is 0.495 e. The van der Waals surface area contributed by atoms with Gasteiger partial charge in [-0.2, -0.15) is 5.26 Å². The van der Waals surface area contributed by atoms with Crippen LogP contribution in [0.25, 0.3) is 0 Å². The fourth-order valence-electron chi connectivity index (χ4n) is 1.26. The van der Waals surface area contributed by atoms with Gasteiger partial charge in [0.05, 0.1) is 24.4 Å². The third-order valence-electron chi connectivity index (χ3n) is 2.01. The minimum Gasteiger partial charge on any atom is -0.495 e. The molecule has 0 saturated heterocycles. The van der Waals surface area contributed by atoms with Crippen molar-refractivity contribution < 1.29 is 4.74 Å². The van der Waals surface area contributed by atoms with Crippen molar-refractivity contribution in [3.63, 3.8) is 0 Å². The number of nitriles is 1. The number of nitrogens with one attached hydrogen (secondary N) is 2. The summed E-state index contributed by atoms with van der Waals surface area (Å²) in [6.07, 6.45) is 0. The summed E-state index contributed by atoms with van der Waals surface area (Å²) in [4.78, 5) is 0. The number of H-pyrrole nitrogens is 1. The van der Waals surface area contributed by atoms with Gasteiger partial charge in [0.15, 0.2) is 3.95 Å². The molecular formula is C10H8N4OS2. The number of aromatic amines is 1. The van der Waals surface area contributed by atoms with Crippen LogP contribution in [0.4, 0.5) is 10.8 Å². The van der Waals surface area contributed by atoms with Gasteiger partial charge in [0.1, 0.15) is 5.75 Å². The van der Waals surface area contributed by atoms with Gasteiger partial charge in [-0.3, -0.25) is 5.10 Å². The van der Waals surface area contributed by atoms with Crippen LogP contribution in [0.3, 0.4) is 0 Å².